The lowest BCUT2D eigenvalue weighted by Crippen LogP contribution is -2.40. The Kier molecular flexibility index (Phi) is 5.69. The number of nitrogens with zero attached hydrogens (tertiary/aromatic N) is 1. The van der Waals surface area contributed by atoms with Crippen LogP contribution in [0.25, 0.3) is 0 Å². The zero-order valence-corrected chi connectivity index (χ0v) is 9.74. The molecule has 0 spiro atoms. The Morgan fingerprint density at radius 3 is 2.93 bits per heavy atom. The first-order valence-corrected chi connectivity index (χ1v) is 6.20. The van der Waals surface area contributed by atoms with E-state index in [2.05, 4.69) is 11.8 Å². The summed E-state index contributed by atoms with van der Waals surface area (Å²) in [5.41, 5.74) is 0. The molecule has 3 heteroatoms. The second kappa shape index (κ2) is 6.83. The third kappa shape index (κ3) is 4.65. The molecule has 0 radical (unpaired) electrons. The standard InChI is InChI=1S/C12H23NO2/c1-2-6-11-7-3-4-9-13(11)10-5-8-12(14)15/h11H,2-10H2,1H3,(H,14,15). The predicted molar refractivity (Wildman–Crippen MR) is 61.0 cm³/mol. The van der Waals surface area contributed by atoms with E-state index in [4.69, 9.17) is 5.11 Å². The fourth-order valence-corrected chi connectivity index (χ4v) is 2.45. The highest BCUT2D eigenvalue weighted by Gasteiger charge is 2.20. The van der Waals surface area contributed by atoms with Gasteiger partial charge in [0, 0.05) is 12.5 Å². The van der Waals surface area contributed by atoms with Crippen molar-refractivity contribution in [1.82, 2.24) is 4.90 Å². The smallest absolute Gasteiger partial charge is 0.303 e. The lowest BCUT2D eigenvalue weighted by molar-refractivity contribution is -0.137. The molecule has 0 saturated carbocycles. The van der Waals surface area contributed by atoms with E-state index in [1.165, 1.54) is 38.6 Å². The summed E-state index contributed by atoms with van der Waals surface area (Å²) in [7, 11) is 0. The molecule has 15 heavy (non-hydrogen) atoms. The number of piperidine rings is 1. The Hall–Kier alpha value is -0.570. The van der Waals surface area contributed by atoms with E-state index in [0.717, 1.165) is 19.0 Å². The van der Waals surface area contributed by atoms with Gasteiger partial charge in [-0.3, -0.25) is 4.79 Å². The number of carboxylic acid groups (broad SMARTS) is 1. The van der Waals surface area contributed by atoms with Gasteiger partial charge in [-0.1, -0.05) is 19.8 Å². The Bertz CT molecular complexity index is 192. The normalized spacial score (nSPS) is 22.9. The van der Waals surface area contributed by atoms with Crippen LogP contribution in [0.5, 0.6) is 0 Å². The lowest BCUT2D eigenvalue weighted by Gasteiger charge is -2.35. The molecule has 1 fully saturated rings. The van der Waals surface area contributed by atoms with Crippen molar-refractivity contribution < 1.29 is 9.90 Å². The van der Waals surface area contributed by atoms with Crippen LogP contribution >= 0.6 is 0 Å². The quantitative estimate of drug-likeness (QED) is 0.737. The van der Waals surface area contributed by atoms with Crippen molar-refractivity contribution in [2.45, 2.75) is 57.9 Å². The van der Waals surface area contributed by atoms with Crippen LogP contribution in [-0.4, -0.2) is 35.1 Å². The molecule has 0 aromatic carbocycles. The van der Waals surface area contributed by atoms with E-state index < -0.39 is 5.97 Å². The molecular formula is C12H23NO2. The van der Waals surface area contributed by atoms with Crippen LogP contribution in [0.3, 0.4) is 0 Å². The molecular weight excluding hydrogens is 190 g/mol. The number of hydrogen-bond acceptors (Lipinski definition) is 2. The number of hydrogen-bond donors (Lipinski definition) is 1. The lowest BCUT2D eigenvalue weighted by atomic mass is 9.98. The van der Waals surface area contributed by atoms with Gasteiger partial charge in [-0.2, -0.15) is 0 Å². The molecule has 1 aliphatic rings. The second-order valence-electron chi connectivity index (χ2n) is 4.47. The zero-order valence-electron chi connectivity index (χ0n) is 9.74. The third-order valence-corrected chi connectivity index (χ3v) is 3.21. The van der Waals surface area contributed by atoms with Gasteiger partial charge < -0.3 is 10.0 Å². The zero-order chi connectivity index (χ0) is 11.1. The summed E-state index contributed by atoms with van der Waals surface area (Å²) in [5, 5.41) is 8.59. The van der Waals surface area contributed by atoms with E-state index in [1.54, 1.807) is 0 Å². The summed E-state index contributed by atoms with van der Waals surface area (Å²) in [5.74, 6) is -0.668. The van der Waals surface area contributed by atoms with Crippen molar-refractivity contribution in [2.75, 3.05) is 13.1 Å². The maximum atomic E-state index is 10.4. The summed E-state index contributed by atoms with van der Waals surface area (Å²) < 4.78 is 0. The van der Waals surface area contributed by atoms with Crippen LogP contribution in [0.15, 0.2) is 0 Å². The van der Waals surface area contributed by atoms with E-state index >= 15 is 0 Å². The maximum Gasteiger partial charge on any atom is 0.303 e. The number of likely N-dealkylation sites (tertiary alicyclic amines) is 1. The third-order valence-electron chi connectivity index (χ3n) is 3.21. The van der Waals surface area contributed by atoms with Gasteiger partial charge in [0.05, 0.1) is 0 Å². The largest absolute Gasteiger partial charge is 0.481 e. The average molecular weight is 213 g/mol. The van der Waals surface area contributed by atoms with Crippen LogP contribution in [0.2, 0.25) is 0 Å². The summed E-state index contributed by atoms with van der Waals surface area (Å²) in [6.45, 7) is 4.37. The van der Waals surface area contributed by atoms with Gasteiger partial charge in [0.15, 0.2) is 0 Å². The highest BCUT2D eigenvalue weighted by molar-refractivity contribution is 5.66. The van der Waals surface area contributed by atoms with E-state index in [0.29, 0.717) is 6.42 Å². The monoisotopic (exact) mass is 213 g/mol. The Balaban J connectivity index is 2.25. The first-order valence-electron chi connectivity index (χ1n) is 6.20. The molecule has 0 aromatic rings. The molecule has 1 unspecified atom stereocenters. The summed E-state index contributed by atoms with van der Waals surface area (Å²) in [4.78, 5) is 12.9. The Labute approximate surface area is 92.5 Å². The first kappa shape index (κ1) is 12.5. The van der Waals surface area contributed by atoms with Gasteiger partial charge >= 0.3 is 5.97 Å². The first-order chi connectivity index (χ1) is 7.24. The molecule has 0 bridgehead atoms. The van der Waals surface area contributed by atoms with E-state index in [1.807, 2.05) is 0 Å². The van der Waals surface area contributed by atoms with Crippen molar-refractivity contribution in [2.24, 2.45) is 0 Å². The van der Waals surface area contributed by atoms with Crippen LogP contribution in [0.4, 0.5) is 0 Å². The van der Waals surface area contributed by atoms with Gasteiger partial charge in [0.2, 0.25) is 0 Å². The molecule has 3 nitrogen and oxygen atoms in total. The number of carboxylic acids is 1. The van der Waals surface area contributed by atoms with Crippen molar-refractivity contribution in [3.63, 3.8) is 0 Å². The summed E-state index contributed by atoms with van der Waals surface area (Å²) in [6.07, 6.45) is 7.56. The topological polar surface area (TPSA) is 40.5 Å². The fraction of sp³-hybridized carbons (Fsp3) is 0.917. The molecule has 1 aliphatic heterocycles. The molecule has 1 saturated heterocycles. The minimum absolute atomic E-state index is 0.315. The minimum atomic E-state index is -0.668. The molecule has 1 heterocycles. The van der Waals surface area contributed by atoms with Crippen molar-refractivity contribution in [1.29, 1.82) is 0 Å². The predicted octanol–water partition coefficient (Wildman–Crippen LogP) is 2.51. The second-order valence-corrected chi connectivity index (χ2v) is 4.47. The number of carbonyl (C=O) groups is 1. The minimum Gasteiger partial charge on any atom is -0.481 e. The van der Waals surface area contributed by atoms with Crippen LogP contribution < -0.4 is 0 Å². The van der Waals surface area contributed by atoms with E-state index in [-0.39, 0.29) is 0 Å². The highest BCUT2D eigenvalue weighted by atomic mass is 16.4. The van der Waals surface area contributed by atoms with Gasteiger partial charge in [-0.15, -0.1) is 0 Å². The molecule has 0 aromatic heterocycles. The molecule has 88 valence electrons. The van der Waals surface area contributed by atoms with Gasteiger partial charge in [0.1, 0.15) is 0 Å². The van der Waals surface area contributed by atoms with Crippen molar-refractivity contribution in [3.8, 4) is 0 Å². The fourth-order valence-electron chi connectivity index (χ4n) is 2.45. The maximum absolute atomic E-state index is 10.4. The van der Waals surface area contributed by atoms with Gasteiger partial charge in [0.25, 0.3) is 0 Å². The highest BCUT2D eigenvalue weighted by Crippen LogP contribution is 2.20. The van der Waals surface area contributed by atoms with Gasteiger partial charge in [-0.25, -0.2) is 0 Å². The van der Waals surface area contributed by atoms with Crippen LogP contribution in [-0.2, 0) is 4.79 Å². The molecule has 1 N–H and O–H groups in total. The number of rotatable bonds is 6. The van der Waals surface area contributed by atoms with Crippen molar-refractivity contribution >= 4 is 5.97 Å². The average Bonchev–Trinajstić information content (AvgIpc) is 2.20. The summed E-state index contributed by atoms with van der Waals surface area (Å²) >= 11 is 0. The van der Waals surface area contributed by atoms with Crippen LogP contribution in [0.1, 0.15) is 51.9 Å². The molecule has 1 atom stereocenters. The molecule has 0 amide bonds. The SMILES string of the molecule is CCCC1CCCCN1CCCC(=O)O. The Morgan fingerprint density at radius 2 is 2.27 bits per heavy atom. The summed E-state index contributed by atoms with van der Waals surface area (Å²) in [6, 6.07) is 0.720. The molecule has 0 aliphatic carbocycles. The van der Waals surface area contributed by atoms with Gasteiger partial charge in [-0.05, 0) is 38.8 Å². The van der Waals surface area contributed by atoms with Crippen molar-refractivity contribution in [3.05, 3.63) is 0 Å². The van der Waals surface area contributed by atoms with Crippen LogP contribution in [0, 0.1) is 0 Å². The number of aliphatic carboxylic acids is 1. The Morgan fingerprint density at radius 1 is 1.47 bits per heavy atom. The molecule has 1 rings (SSSR count). The van der Waals surface area contributed by atoms with E-state index in [9.17, 15) is 4.79 Å².